The molecule has 0 unspecified atom stereocenters. The van der Waals surface area contributed by atoms with E-state index in [1.807, 2.05) is 43.3 Å². The fraction of sp³-hybridized carbons (Fsp3) is 0.294. The van der Waals surface area contributed by atoms with Crippen LogP contribution in [0.3, 0.4) is 0 Å². The molecule has 2 rings (SSSR count). The van der Waals surface area contributed by atoms with Gasteiger partial charge in [0.15, 0.2) is 0 Å². The van der Waals surface area contributed by atoms with Crippen LogP contribution in [0.2, 0.25) is 5.02 Å². The van der Waals surface area contributed by atoms with Gasteiger partial charge in [0.1, 0.15) is 11.5 Å². The SMILES string of the molecule is CCCNCc1cccc(Oc2cc(C)ccc2Cl)c1. The Morgan fingerprint density at radius 3 is 2.80 bits per heavy atom. The van der Waals surface area contributed by atoms with E-state index < -0.39 is 0 Å². The third kappa shape index (κ3) is 4.26. The second-order valence-electron chi connectivity index (χ2n) is 4.86. The summed E-state index contributed by atoms with van der Waals surface area (Å²) in [6.45, 7) is 6.06. The monoisotopic (exact) mass is 289 g/mol. The predicted octanol–water partition coefficient (Wildman–Crippen LogP) is 4.94. The first-order chi connectivity index (χ1) is 9.69. The molecule has 0 aliphatic rings. The number of hydrogen-bond donors (Lipinski definition) is 1. The Hall–Kier alpha value is -1.51. The number of ether oxygens (including phenoxy) is 1. The number of hydrogen-bond acceptors (Lipinski definition) is 2. The Balaban J connectivity index is 2.09. The maximum absolute atomic E-state index is 6.15. The molecule has 106 valence electrons. The molecular weight excluding hydrogens is 270 g/mol. The Morgan fingerprint density at radius 1 is 1.15 bits per heavy atom. The normalized spacial score (nSPS) is 10.6. The Bertz CT molecular complexity index is 569. The number of aryl methyl sites for hydroxylation is 1. The van der Waals surface area contributed by atoms with Gasteiger partial charge in [-0.3, -0.25) is 0 Å². The number of nitrogens with one attached hydrogen (secondary N) is 1. The van der Waals surface area contributed by atoms with Gasteiger partial charge in [-0.05, 0) is 55.3 Å². The second-order valence-corrected chi connectivity index (χ2v) is 5.27. The summed E-state index contributed by atoms with van der Waals surface area (Å²) in [5, 5.41) is 4.01. The van der Waals surface area contributed by atoms with Gasteiger partial charge in [0.25, 0.3) is 0 Å². The van der Waals surface area contributed by atoms with Crippen molar-refractivity contribution < 1.29 is 4.74 Å². The van der Waals surface area contributed by atoms with Crippen LogP contribution in [0, 0.1) is 6.92 Å². The van der Waals surface area contributed by atoms with Gasteiger partial charge in [-0.2, -0.15) is 0 Å². The van der Waals surface area contributed by atoms with Gasteiger partial charge in [0.05, 0.1) is 5.02 Å². The Labute approximate surface area is 125 Å². The molecule has 0 bridgehead atoms. The highest BCUT2D eigenvalue weighted by Crippen LogP contribution is 2.30. The quantitative estimate of drug-likeness (QED) is 0.761. The summed E-state index contributed by atoms with van der Waals surface area (Å²) in [5.41, 5.74) is 2.34. The Morgan fingerprint density at radius 2 is 2.00 bits per heavy atom. The lowest BCUT2D eigenvalue weighted by Crippen LogP contribution is -2.13. The van der Waals surface area contributed by atoms with Gasteiger partial charge >= 0.3 is 0 Å². The molecule has 0 heterocycles. The molecular formula is C17H20ClNO. The highest BCUT2D eigenvalue weighted by molar-refractivity contribution is 6.32. The first kappa shape index (κ1) is 14.9. The van der Waals surface area contributed by atoms with Crippen molar-refractivity contribution in [3.63, 3.8) is 0 Å². The summed E-state index contributed by atoms with van der Waals surface area (Å²) in [4.78, 5) is 0. The number of rotatable bonds is 6. The lowest BCUT2D eigenvalue weighted by molar-refractivity contribution is 0.481. The molecule has 2 aromatic carbocycles. The van der Waals surface area contributed by atoms with Crippen LogP contribution < -0.4 is 10.1 Å². The molecule has 0 aliphatic heterocycles. The summed E-state index contributed by atoms with van der Waals surface area (Å²) in [6, 6.07) is 13.9. The van der Waals surface area contributed by atoms with Crippen molar-refractivity contribution in [1.82, 2.24) is 5.32 Å². The fourth-order valence-corrected chi connectivity index (χ4v) is 2.10. The molecule has 0 radical (unpaired) electrons. The third-order valence-electron chi connectivity index (χ3n) is 2.97. The average Bonchev–Trinajstić information content (AvgIpc) is 2.44. The summed E-state index contributed by atoms with van der Waals surface area (Å²) in [5.74, 6) is 1.51. The predicted molar refractivity (Wildman–Crippen MR) is 84.7 cm³/mol. The van der Waals surface area contributed by atoms with Crippen molar-refractivity contribution >= 4 is 11.6 Å². The van der Waals surface area contributed by atoms with Crippen LogP contribution in [0.15, 0.2) is 42.5 Å². The maximum atomic E-state index is 6.15. The van der Waals surface area contributed by atoms with Gasteiger partial charge in [-0.25, -0.2) is 0 Å². The molecule has 20 heavy (non-hydrogen) atoms. The maximum Gasteiger partial charge on any atom is 0.146 e. The van der Waals surface area contributed by atoms with Gasteiger partial charge in [0.2, 0.25) is 0 Å². The van der Waals surface area contributed by atoms with Crippen molar-refractivity contribution in [2.75, 3.05) is 6.54 Å². The number of halogens is 1. The van der Waals surface area contributed by atoms with Crippen LogP contribution in [0.1, 0.15) is 24.5 Å². The molecule has 0 atom stereocenters. The molecule has 0 saturated heterocycles. The van der Waals surface area contributed by atoms with Crippen LogP contribution in [-0.2, 0) is 6.54 Å². The van der Waals surface area contributed by atoms with Crippen LogP contribution in [0.25, 0.3) is 0 Å². The molecule has 1 N–H and O–H groups in total. The topological polar surface area (TPSA) is 21.3 Å². The molecule has 2 aromatic rings. The fourth-order valence-electron chi connectivity index (χ4n) is 1.94. The van der Waals surface area contributed by atoms with Crippen molar-refractivity contribution in [3.05, 3.63) is 58.6 Å². The van der Waals surface area contributed by atoms with E-state index in [0.29, 0.717) is 10.8 Å². The van der Waals surface area contributed by atoms with Crippen LogP contribution in [0.5, 0.6) is 11.5 Å². The second kappa shape index (κ2) is 7.32. The van der Waals surface area contributed by atoms with E-state index in [-0.39, 0.29) is 0 Å². The van der Waals surface area contributed by atoms with Crippen molar-refractivity contribution in [2.45, 2.75) is 26.8 Å². The average molecular weight is 290 g/mol. The lowest BCUT2D eigenvalue weighted by Gasteiger charge is -2.10. The van der Waals surface area contributed by atoms with Crippen LogP contribution >= 0.6 is 11.6 Å². The standard InChI is InChI=1S/C17H20ClNO/c1-3-9-19-12-14-5-4-6-15(11-14)20-17-10-13(2)7-8-16(17)18/h4-8,10-11,19H,3,9,12H2,1-2H3. The molecule has 0 aliphatic carbocycles. The van der Waals surface area contributed by atoms with Gasteiger partial charge < -0.3 is 10.1 Å². The minimum atomic E-state index is 0.630. The third-order valence-corrected chi connectivity index (χ3v) is 3.28. The largest absolute Gasteiger partial charge is 0.456 e. The zero-order valence-corrected chi connectivity index (χ0v) is 12.7. The molecule has 0 saturated carbocycles. The zero-order chi connectivity index (χ0) is 14.4. The highest BCUT2D eigenvalue weighted by atomic mass is 35.5. The van der Waals surface area contributed by atoms with E-state index in [2.05, 4.69) is 18.3 Å². The van der Waals surface area contributed by atoms with E-state index in [9.17, 15) is 0 Å². The molecule has 0 aromatic heterocycles. The van der Waals surface area contributed by atoms with E-state index in [4.69, 9.17) is 16.3 Å². The minimum Gasteiger partial charge on any atom is -0.456 e. The Kier molecular flexibility index (Phi) is 5.45. The molecule has 0 fully saturated rings. The summed E-state index contributed by atoms with van der Waals surface area (Å²) >= 11 is 6.15. The van der Waals surface area contributed by atoms with E-state index >= 15 is 0 Å². The lowest BCUT2D eigenvalue weighted by atomic mass is 10.2. The molecule has 2 nitrogen and oxygen atoms in total. The smallest absolute Gasteiger partial charge is 0.146 e. The van der Waals surface area contributed by atoms with E-state index in [1.54, 1.807) is 0 Å². The highest BCUT2D eigenvalue weighted by Gasteiger charge is 2.04. The van der Waals surface area contributed by atoms with Crippen molar-refractivity contribution in [2.24, 2.45) is 0 Å². The van der Waals surface area contributed by atoms with Gasteiger partial charge in [0, 0.05) is 6.54 Å². The van der Waals surface area contributed by atoms with E-state index in [1.165, 1.54) is 5.56 Å². The van der Waals surface area contributed by atoms with Crippen LogP contribution in [0.4, 0.5) is 0 Å². The summed E-state index contributed by atoms with van der Waals surface area (Å²) < 4.78 is 5.88. The van der Waals surface area contributed by atoms with Crippen LogP contribution in [-0.4, -0.2) is 6.54 Å². The first-order valence-corrected chi connectivity index (χ1v) is 7.30. The van der Waals surface area contributed by atoms with E-state index in [0.717, 1.165) is 30.8 Å². The van der Waals surface area contributed by atoms with Crippen molar-refractivity contribution in [1.29, 1.82) is 0 Å². The minimum absolute atomic E-state index is 0.630. The molecule has 3 heteroatoms. The zero-order valence-electron chi connectivity index (χ0n) is 11.9. The van der Waals surface area contributed by atoms with Gasteiger partial charge in [-0.15, -0.1) is 0 Å². The molecule has 0 amide bonds. The molecule has 0 spiro atoms. The van der Waals surface area contributed by atoms with Gasteiger partial charge in [-0.1, -0.05) is 36.7 Å². The summed E-state index contributed by atoms with van der Waals surface area (Å²) in [6.07, 6.45) is 1.13. The first-order valence-electron chi connectivity index (χ1n) is 6.92. The summed E-state index contributed by atoms with van der Waals surface area (Å²) in [7, 11) is 0. The number of benzene rings is 2. The van der Waals surface area contributed by atoms with Crippen molar-refractivity contribution in [3.8, 4) is 11.5 Å².